The predicted octanol–water partition coefficient (Wildman–Crippen LogP) is 2.87. The van der Waals surface area contributed by atoms with Gasteiger partial charge in [-0.2, -0.15) is 0 Å². The lowest BCUT2D eigenvalue weighted by Gasteiger charge is -2.33. The summed E-state index contributed by atoms with van der Waals surface area (Å²) in [6.07, 6.45) is 3.72. The second kappa shape index (κ2) is 8.98. The number of likely N-dealkylation sites (N-methyl/N-ethyl adjacent to an activating group) is 1. The van der Waals surface area contributed by atoms with E-state index in [2.05, 4.69) is 16.7 Å². The molecule has 2 rings (SSSR count). The zero-order valence-corrected chi connectivity index (χ0v) is 12.8. The van der Waals surface area contributed by atoms with Gasteiger partial charge in [0.05, 0.1) is 6.61 Å². The molecule has 0 spiro atoms. The number of unbranched alkanes of at least 4 members (excludes halogenated alkanes) is 2. The van der Waals surface area contributed by atoms with Gasteiger partial charge < -0.3 is 14.5 Å². The third-order valence-corrected chi connectivity index (χ3v) is 4.04. The molecule has 0 aromatic heterocycles. The quantitative estimate of drug-likeness (QED) is 0.679. The number of para-hydroxylation sites is 1. The van der Waals surface area contributed by atoms with Crippen LogP contribution in [0.1, 0.15) is 26.2 Å². The first-order valence-electron chi connectivity index (χ1n) is 8.01. The van der Waals surface area contributed by atoms with Crippen molar-refractivity contribution in [2.45, 2.75) is 26.2 Å². The molecule has 0 atom stereocenters. The van der Waals surface area contributed by atoms with Crippen LogP contribution < -0.4 is 4.74 Å². The summed E-state index contributed by atoms with van der Waals surface area (Å²) in [6, 6.07) is 10.1. The van der Waals surface area contributed by atoms with Crippen molar-refractivity contribution in [3.05, 3.63) is 30.3 Å². The minimum absolute atomic E-state index is 0.841. The highest BCUT2D eigenvalue weighted by Gasteiger charge is 2.14. The third kappa shape index (κ3) is 5.51. The maximum atomic E-state index is 5.71. The average Bonchev–Trinajstić information content (AvgIpc) is 2.52. The molecule has 20 heavy (non-hydrogen) atoms. The maximum absolute atomic E-state index is 5.71. The van der Waals surface area contributed by atoms with Gasteiger partial charge in [0, 0.05) is 26.2 Å². The number of rotatable bonds is 8. The van der Waals surface area contributed by atoms with Gasteiger partial charge in [0.25, 0.3) is 0 Å². The molecule has 0 aliphatic carbocycles. The molecule has 0 unspecified atom stereocenters. The Hall–Kier alpha value is -1.06. The molecule has 1 saturated heterocycles. The number of piperazine rings is 1. The molecule has 1 aliphatic heterocycles. The van der Waals surface area contributed by atoms with E-state index in [-0.39, 0.29) is 0 Å². The topological polar surface area (TPSA) is 15.7 Å². The summed E-state index contributed by atoms with van der Waals surface area (Å²) in [5.74, 6) is 0.989. The van der Waals surface area contributed by atoms with Crippen molar-refractivity contribution in [3.63, 3.8) is 0 Å². The lowest BCUT2D eigenvalue weighted by molar-refractivity contribution is 0.135. The first-order valence-corrected chi connectivity index (χ1v) is 8.01. The summed E-state index contributed by atoms with van der Waals surface area (Å²) < 4.78 is 5.71. The van der Waals surface area contributed by atoms with E-state index < -0.39 is 0 Å². The Bertz CT molecular complexity index is 347. The first-order chi connectivity index (χ1) is 9.88. The van der Waals surface area contributed by atoms with E-state index in [0.717, 1.165) is 18.8 Å². The van der Waals surface area contributed by atoms with Crippen LogP contribution in [0, 0.1) is 0 Å². The summed E-state index contributed by atoms with van der Waals surface area (Å²) in [5.41, 5.74) is 0. The number of ether oxygens (including phenoxy) is 1. The molecule has 0 radical (unpaired) electrons. The Kier molecular flexibility index (Phi) is 6.89. The summed E-state index contributed by atoms with van der Waals surface area (Å²) in [7, 11) is 0. The number of hydrogen-bond donors (Lipinski definition) is 0. The fraction of sp³-hybridized carbons (Fsp3) is 0.647. The summed E-state index contributed by atoms with van der Waals surface area (Å²) in [5, 5.41) is 0. The second-order valence-electron chi connectivity index (χ2n) is 5.50. The molecule has 0 N–H and O–H groups in total. The number of nitrogens with zero attached hydrogens (tertiary/aromatic N) is 2. The van der Waals surface area contributed by atoms with E-state index in [1.807, 2.05) is 30.3 Å². The van der Waals surface area contributed by atoms with Crippen molar-refractivity contribution in [2.75, 3.05) is 45.9 Å². The maximum Gasteiger partial charge on any atom is 0.119 e. The number of benzene rings is 1. The SMILES string of the molecule is CCN1CCN(CCCCCOc2ccccc2)CC1. The van der Waals surface area contributed by atoms with Gasteiger partial charge in [0.2, 0.25) is 0 Å². The Morgan fingerprint density at radius 1 is 0.900 bits per heavy atom. The van der Waals surface area contributed by atoms with Crippen molar-refractivity contribution in [3.8, 4) is 5.75 Å². The molecule has 1 fully saturated rings. The highest BCUT2D eigenvalue weighted by Crippen LogP contribution is 2.09. The summed E-state index contributed by atoms with van der Waals surface area (Å²) >= 11 is 0. The van der Waals surface area contributed by atoms with Crippen LogP contribution >= 0.6 is 0 Å². The zero-order valence-electron chi connectivity index (χ0n) is 12.8. The lowest BCUT2D eigenvalue weighted by atomic mass is 10.2. The Morgan fingerprint density at radius 2 is 1.60 bits per heavy atom. The highest BCUT2D eigenvalue weighted by molar-refractivity contribution is 5.20. The first kappa shape index (κ1) is 15.3. The molecule has 0 saturated carbocycles. The Balaban J connectivity index is 1.46. The van der Waals surface area contributed by atoms with Gasteiger partial charge in [-0.25, -0.2) is 0 Å². The molecule has 1 aliphatic rings. The second-order valence-corrected chi connectivity index (χ2v) is 5.50. The Morgan fingerprint density at radius 3 is 2.30 bits per heavy atom. The van der Waals surface area contributed by atoms with Crippen LogP contribution in [0.25, 0.3) is 0 Å². The van der Waals surface area contributed by atoms with Gasteiger partial charge in [0.15, 0.2) is 0 Å². The van der Waals surface area contributed by atoms with Crippen molar-refractivity contribution in [1.82, 2.24) is 9.80 Å². The molecule has 1 heterocycles. The number of hydrogen-bond acceptors (Lipinski definition) is 3. The molecular weight excluding hydrogens is 248 g/mol. The average molecular weight is 276 g/mol. The molecule has 1 aromatic rings. The predicted molar refractivity (Wildman–Crippen MR) is 84.3 cm³/mol. The molecule has 3 heteroatoms. The van der Waals surface area contributed by atoms with Crippen molar-refractivity contribution in [1.29, 1.82) is 0 Å². The minimum Gasteiger partial charge on any atom is -0.494 e. The molecule has 1 aromatic carbocycles. The smallest absolute Gasteiger partial charge is 0.119 e. The molecule has 3 nitrogen and oxygen atoms in total. The van der Waals surface area contributed by atoms with E-state index in [1.165, 1.54) is 52.1 Å². The van der Waals surface area contributed by atoms with Crippen LogP contribution in [-0.4, -0.2) is 55.7 Å². The Labute approximate surface area is 123 Å². The summed E-state index contributed by atoms with van der Waals surface area (Å²) in [6.45, 7) is 10.5. The van der Waals surface area contributed by atoms with Crippen molar-refractivity contribution in [2.24, 2.45) is 0 Å². The summed E-state index contributed by atoms with van der Waals surface area (Å²) in [4.78, 5) is 5.13. The van der Waals surface area contributed by atoms with Crippen LogP contribution in [0.4, 0.5) is 0 Å². The van der Waals surface area contributed by atoms with Crippen LogP contribution in [0.3, 0.4) is 0 Å². The van der Waals surface area contributed by atoms with E-state index in [0.29, 0.717) is 0 Å². The fourth-order valence-electron chi connectivity index (χ4n) is 2.65. The van der Waals surface area contributed by atoms with Gasteiger partial charge in [-0.15, -0.1) is 0 Å². The largest absolute Gasteiger partial charge is 0.494 e. The van der Waals surface area contributed by atoms with Gasteiger partial charge in [-0.3, -0.25) is 0 Å². The van der Waals surface area contributed by atoms with Gasteiger partial charge in [0.1, 0.15) is 5.75 Å². The highest BCUT2D eigenvalue weighted by atomic mass is 16.5. The van der Waals surface area contributed by atoms with Gasteiger partial charge in [-0.05, 0) is 44.5 Å². The van der Waals surface area contributed by atoms with Crippen LogP contribution in [-0.2, 0) is 0 Å². The monoisotopic (exact) mass is 276 g/mol. The lowest BCUT2D eigenvalue weighted by Crippen LogP contribution is -2.46. The molecular formula is C17H28N2O. The van der Waals surface area contributed by atoms with E-state index in [9.17, 15) is 0 Å². The molecule has 0 amide bonds. The van der Waals surface area contributed by atoms with Gasteiger partial charge >= 0.3 is 0 Å². The van der Waals surface area contributed by atoms with Crippen LogP contribution in [0.2, 0.25) is 0 Å². The molecule has 112 valence electrons. The van der Waals surface area contributed by atoms with E-state index in [1.54, 1.807) is 0 Å². The van der Waals surface area contributed by atoms with Gasteiger partial charge in [-0.1, -0.05) is 25.1 Å². The minimum atomic E-state index is 0.841. The third-order valence-electron chi connectivity index (χ3n) is 4.04. The van der Waals surface area contributed by atoms with Crippen LogP contribution in [0.5, 0.6) is 5.75 Å². The fourth-order valence-corrected chi connectivity index (χ4v) is 2.65. The standard InChI is InChI=1S/C17H28N2O/c1-2-18-12-14-19(15-13-18)11-7-4-8-16-20-17-9-5-3-6-10-17/h3,5-6,9-10H,2,4,7-8,11-16H2,1H3. The molecule has 0 bridgehead atoms. The zero-order chi connectivity index (χ0) is 14.0. The van der Waals surface area contributed by atoms with Crippen molar-refractivity contribution < 1.29 is 4.74 Å². The van der Waals surface area contributed by atoms with E-state index in [4.69, 9.17) is 4.74 Å². The van der Waals surface area contributed by atoms with Crippen molar-refractivity contribution >= 4 is 0 Å². The van der Waals surface area contributed by atoms with E-state index >= 15 is 0 Å². The normalized spacial score (nSPS) is 17.2. The van der Waals surface area contributed by atoms with Crippen LogP contribution in [0.15, 0.2) is 30.3 Å².